The van der Waals surface area contributed by atoms with E-state index < -0.39 is 6.10 Å². The van der Waals surface area contributed by atoms with Crippen molar-refractivity contribution in [3.63, 3.8) is 0 Å². The van der Waals surface area contributed by atoms with Gasteiger partial charge in [-0.3, -0.25) is 9.59 Å². The summed E-state index contributed by atoms with van der Waals surface area (Å²) < 4.78 is 17.4. The average molecular weight is 815 g/mol. The van der Waals surface area contributed by atoms with Crippen LogP contribution in [0.25, 0.3) is 0 Å². The maximum Gasteiger partial charge on any atom is 0.306 e. The molecule has 0 aromatic heterocycles. The fourth-order valence-corrected chi connectivity index (χ4v) is 7.31. The Hall–Kier alpha value is -1.88. The third-order valence-corrected chi connectivity index (χ3v) is 11.1. The van der Waals surface area contributed by atoms with Gasteiger partial charge in [0.25, 0.3) is 0 Å². The number of unbranched alkanes of at least 4 members (excludes halogenated alkanes) is 30. The van der Waals surface area contributed by atoms with Gasteiger partial charge in [-0.15, -0.1) is 0 Å². The van der Waals surface area contributed by atoms with Crippen molar-refractivity contribution in [1.29, 1.82) is 0 Å². The lowest BCUT2D eigenvalue weighted by atomic mass is 10.0. The van der Waals surface area contributed by atoms with E-state index in [1.54, 1.807) is 0 Å². The zero-order valence-corrected chi connectivity index (χ0v) is 39.1. The summed E-state index contributed by atoms with van der Waals surface area (Å²) in [7, 11) is 0. The lowest BCUT2D eigenvalue weighted by Gasteiger charge is -2.18. The van der Waals surface area contributed by atoms with Gasteiger partial charge in [-0.1, -0.05) is 218 Å². The fourth-order valence-electron chi connectivity index (χ4n) is 7.31. The van der Waals surface area contributed by atoms with E-state index in [-0.39, 0.29) is 25.2 Å². The normalized spacial score (nSPS) is 12.4. The van der Waals surface area contributed by atoms with Crippen LogP contribution in [0.2, 0.25) is 0 Å². The van der Waals surface area contributed by atoms with Crippen LogP contribution in [0.1, 0.15) is 265 Å². The molecule has 0 aliphatic rings. The Balaban J connectivity index is 4.25. The Morgan fingerprint density at radius 2 is 0.759 bits per heavy atom. The Bertz CT molecular complexity index is 924. The molecule has 0 amide bonds. The largest absolute Gasteiger partial charge is 0.462 e. The summed E-state index contributed by atoms with van der Waals surface area (Å²) >= 11 is 0. The summed E-state index contributed by atoms with van der Waals surface area (Å²) in [6.45, 7) is 7.77. The fraction of sp³-hybridized carbons (Fsp3) is 0.849. The van der Waals surface area contributed by atoms with Crippen LogP contribution >= 0.6 is 0 Å². The Labute approximate surface area is 361 Å². The highest BCUT2D eigenvalue weighted by molar-refractivity contribution is 5.70. The molecule has 0 aliphatic heterocycles. The Morgan fingerprint density at radius 3 is 1.24 bits per heavy atom. The van der Waals surface area contributed by atoms with Crippen molar-refractivity contribution in [2.45, 2.75) is 271 Å². The maximum atomic E-state index is 12.8. The van der Waals surface area contributed by atoms with Crippen LogP contribution in [0.5, 0.6) is 0 Å². The SMILES string of the molecule is CCC/C=C\C/C=C\CCCCCCCC(=O)OCC(COCCCCCCCCCCCCCCCCCC)OC(=O)CCCCCCC/C=C\CCCCCC. The van der Waals surface area contributed by atoms with Gasteiger partial charge in [-0.05, 0) is 70.6 Å². The molecule has 0 saturated heterocycles. The standard InChI is InChI=1S/C53H98O5/c1-4-7-10-13-16-19-22-25-26-27-30-33-36-39-42-45-48-56-49-51(58-53(55)47-44-41-38-35-32-29-24-21-18-15-12-9-6-3)50-57-52(54)46-43-40-37-34-31-28-23-20-17-14-11-8-5-2/h11,14,20-21,23-24,51H,4-10,12-13,15-19,22,25-50H2,1-3H3/b14-11-,23-20-,24-21-. The van der Waals surface area contributed by atoms with E-state index in [4.69, 9.17) is 14.2 Å². The van der Waals surface area contributed by atoms with Gasteiger partial charge in [0.05, 0.1) is 6.61 Å². The Morgan fingerprint density at radius 1 is 0.379 bits per heavy atom. The van der Waals surface area contributed by atoms with Gasteiger partial charge in [0.1, 0.15) is 6.61 Å². The number of carbonyl (C=O) groups is 2. The molecule has 0 heterocycles. The summed E-state index contributed by atoms with van der Waals surface area (Å²) in [5.74, 6) is -0.412. The number of allylic oxidation sites excluding steroid dienone is 6. The lowest BCUT2D eigenvalue weighted by molar-refractivity contribution is -0.163. The van der Waals surface area contributed by atoms with Crippen LogP contribution in [-0.2, 0) is 23.8 Å². The lowest BCUT2D eigenvalue weighted by Crippen LogP contribution is -2.30. The molecule has 58 heavy (non-hydrogen) atoms. The van der Waals surface area contributed by atoms with Crippen LogP contribution in [0.3, 0.4) is 0 Å². The van der Waals surface area contributed by atoms with Crippen molar-refractivity contribution in [2.24, 2.45) is 0 Å². The molecule has 5 heteroatoms. The third-order valence-electron chi connectivity index (χ3n) is 11.1. The van der Waals surface area contributed by atoms with Crippen LogP contribution < -0.4 is 0 Å². The highest BCUT2D eigenvalue weighted by atomic mass is 16.6. The molecule has 0 aromatic rings. The quantitative estimate of drug-likeness (QED) is 0.0348. The second-order valence-electron chi connectivity index (χ2n) is 17.1. The summed E-state index contributed by atoms with van der Waals surface area (Å²) in [4.78, 5) is 25.3. The summed E-state index contributed by atoms with van der Waals surface area (Å²) in [5, 5.41) is 0. The first-order chi connectivity index (χ1) is 28.6. The molecule has 0 bridgehead atoms. The van der Waals surface area contributed by atoms with Crippen molar-refractivity contribution in [2.75, 3.05) is 19.8 Å². The molecule has 0 aliphatic carbocycles. The van der Waals surface area contributed by atoms with Gasteiger partial charge in [0.15, 0.2) is 6.10 Å². The number of rotatable bonds is 47. The summed E-state index contributed by atoms with van der Waals surface area (Å²) in [6.07, 6.45) is 58.6. The predicted molar refractivity (Wildman–Crippen MR) is 252 cm³/mol. The number of carbonyl (C=O) groups excluding carboxylic acids is 2. The number of ether oxygens (including phenoxy) is 3. The molecule has 0 spiro atoms. The summed E-state index contributed by atoms with van der Waals surface area (Å²) in [5.41, 5.74) is 0. The minimum Gasteiger partial charge on any atom is -0.462 e. The van der Waals surface area contributed by atoms with E-state index >= 15 is 0 Å². The highest BCUT2D eigenvalue weighted by Gasteiger charge is 2.17. The monoisotopic (exact) mass is 815 g/mol. The second-order valence-corrected chi connectivity index (χ2v) is 17.1. The molecule has 0 radical (unpaired) electrons. The molecule has 0 rings (SSSR count). The van der Waals surface area contributed by atoms with Crippen molar-refractivity contribution in [3.8, 4) is 0 Å². The van der Waals surface area contributed by atoms with Crippen molar-refractivity contribution in [3.05, 3.63) is 36.5 Å². The average Bonchev–Trinajstić information content (AvgIpc) is 3.22. The minimum absolute atomic E-state index is 0.0790. The van der Waals surface area contributed by atoms with Gasteiger partial charge in [0.2, 0.25) is 0 Å². The third kappa shape index (κ3) is 46.8. The Kier molecular flexibility index (Phi) is 47.9. The first-order valence-electron chi connectivity index (χ1n) is 25.5. The smallest absolute Gasteiger partial charge is 0.306 e. The number of hydrogen-bond donors (Lipinski definition) is 0. The van der Waals surface area contributed by atoms with Gasteiger partial charge in [0, 0.05) is 19.4 Å². The molecule has 0 fully saturated rings. The molecular formula is C53H98O5. The maximum absolute atomic E-state index is 12.8. The topological polar surface area (TPSA) is 61.8 Å². The van der Waals surface area contributed by atoms with Crippen LogP contribution in [0, 0.1) is 0 Å². The van der Waals surface area contributed by atoms with Crippen molar-refractivity contribution < 1.29 is 23.8 Å². The predicted octanol–water partition coefficient (Wildman–Crippen LogP) is 17.0. The van der Waals surface area contributed by atoms with Gasteiger partial charge in [-0.25, -0.2) is 0 Å². The van der Waals surface area contributed by atoms with E-state index in [9.17, 15) is 9.59 Å². The number of esters is 2. The second kappa shape index (κ2) is 49.5. The van der Waals surface area contributed by atoms with Crippen molar-refractivity contribution >= 4 is 11.9 Å². The van der Waals surface area contributed by atoms with E-state index in [1.165, 1.54) is 167 Å². The molecule has 340 valence electrons. The number of hydrogen-bond acceptors (Lipinski definition) is 5. The van der Waals surface area contributed by atoms with Gasteiger partial charge in [-0.2, -0.15) is 0 Å². The first kappa shape index (κ1) is 56.1. The molecule has 5 nitrogen and oxygen atoms in total. The molecule has 0 aromatic carbocycles. The van der Waals surface area contributed by atoms with Crippen LogP contribution in [0.4, 0.5) is 0 Å². The van der Waals surface area contributed by atoms with E-state index in [0.717, 1.165) is 64.2 Å². The van der Waals surface area contributed by atoms with Gasteiger partial charge >= 0.3 is 11.9 Å². The van der Waals surface area contributed by atoms with Gasteiger partial charge < -0.3 is 14.2 Å². The zero-order chi connectivity index (χ0) is 42.1. The molecule has 0 N–H and O–H groups in total. The minimum atomic E-state index is -0.540. The van der Waals surface area contributed by atoms with E-state index in [0.29, 0.717) is 19.4 Å². The van der Waals surface area contributed by atoms with Crippen LogP contribution in [-0.4, -0.2) is 37.9 Å². The van der Waals surface area contributed by atoms with Crippen molar-refractivity contribution in [1.82, 2.24) is 0 Å². The molecule has 0 saturated carbocycles. The first-order valence-corrected chi connectivity index (χ1v) is 25.5. The van der Waals surface area contributed by atoms with E-state index in [2.05, 4.69) is 57.2 Å². The molecule has 1 atom stereocenters. The zero-order valence-electron chi connectivity index (χ0n) is 39.1. The molecular weight excluding hydrogens is 717 g/mol. The van der Waals surface area contributed by atoms with E-state index in [1.807, 2.05) is 0 Å². The summed E-state index contributed by atoms with van der Waals surface area (Å²) in [6, 6.07) is 0. The molecule has 1 unspecified atom stereocenters. The van der Waals surface area contributed by atoms with Crippen LogP contribution in [0.15, 0.2) is 36.5 Å². The highest BCUT2D eigenvalue weighted by Crippen LogP contribution is 2.15.